The van der Waals surface area contributed by atoms with E-state index in [0.29, 0.717) is 17.1 Å². The second-order valence-electron chi connectivity index (χ2n) is 6.37. The Labute approximate surface area is 160 Å². The van der Waals surface area contributed by atoms with E-state index in [2.05, 4.69) is 4.98 Å². The summed E-state index contributed by atoms with van der Waals surface area (Å²) in [5, 5.41) is 14.6. The van der Waals surface area contributed by atoms with Gasteiger partial charge in [-0.3, -0.25) is 0 Å². The number of benzene rings is 1. The molecular weight excluding hydrogens is 362 g/mol. The Hall–Kier alpha value is -3.18. The van der Waals surface area contributed by atoms with Crippen LogP contribution in [0.5, 0.6) is 0 Å². The Morgan fingerprint density at radius 1 is 1.11 bits per heavy atom. The first kappa shape index (κ1) is 17.2. The first-order chi connectivity index (χ1) is 13.0. The number of carbonyl (C=O) groups is 1. The van der Waals surface area contributed by atoms with Crippen LogP contribution in [0.1, 0.15) is 27.3 Å². The van der Waals surface area contributed by atoms with Gasteiger partial charge >= 0.3 is 5.97 Å². The molecule has 3 heterocycles. The predicted molar refractivity (Wildman–Crippen MR) is 104 cm³/mol. The Kier molecular flexibility index (Phi) is 4.38. The van der Waals surface area contributed by atoms with E-state index in [-0.39, 0.29) is 5.69 Å². The van der Waals surface area contributed by atoms with E-state index in [9.17, 15) is 9.90 Å². The molecule has 0 unspecified atom stereocenters. The molecule has 1 aromatic carbocycles. The Balaban J connectivity index is 1.87. The molecule has 0 aliphatic rings. The Morgan fingerprint density at radius 2 is 1.89 bits per heavy atom. The number of carboxylic acids is 1. The molecule has 4 rings (SSSR count). The smallest absolute Gasteiger partial charge is 0.354 e. The molecule has 0 amide bonds. The van der Waals surface area contributed by atoms with Gasteiger partial charge in [0.15, 0.2) is 0 Å². The molecule has 0 bridgehead atoms. The highest BCUT2D eigenvalue weighted by atomic mass is 35.5. The zero-order chi connectivity index (χ0) is 19.0. The normalized spacial score (nSPS) is 11.0. The monoisotopic (exact) mass is 377 g/mol. The number of halogens is 1. The molecule has 4 aromatic rings. The third kappa shape index (κ3) is 3.41. The number of aromatic nitrogens is 3. The number of hydrogen-bond acceptors (Lipinski definition) is 3. The quantitative estimate of drug-likeness (QED) is 0.562. The molecule has 1 N–H and O–H groups in total. The number of aryl methyl sites for hydroxylation is 1. The molecule has 27 heavy (non-hydrogen) atoms. The van der Waals surface area contributed by atoms with Crippen molar-refractivity contribution in [2.75, 3.05) is 0 Å². The van der Waals surface area contributed by atoms with Gasteiger partial charge in [-0.05, 0) is 42.8 Å². The van der Waals surface area contributed by atoms with Crippen LogP contribution in [0.25, 0.3) is 16.8 Å². The fourth-order valence-corrected chi connectivity index (χ4v) is 3.22. The highest BCUT2D eigenvalue weighted by Crippen LogP contribution is 2.29. The van der Waals surface area contributed by atoms with E-state index in [4.69, 9.17) is 16.7 Å². The lowest BCUT2D eigenvalue weighted by atomic mass is 10.0. The number of rotatable bonds is 4. The molecule has 0 aliphatic heterocycles. The third-order valence-corrected chi connectivity index (χ3v) is 4.63. The molecule has 6 heteroatoms. The number of carboxylic acid groups (broad SMARTS) is 1. The van der Waals surface area contributed by atoms with Crippen molar-refractivity contribution in [1.29, 1.82) is 0 Å². The first-order valence-electron chi connectivity index (χ1n) is 8.44. The van der Waals surface area contributed by atoms with Crippen molar-refractivity contribution in [2.24, 2.45) is 0 Å². The summed E-state index contributed by atoms with van der Waals surface area (Å²) in [6, 6.07) is 16.6. The van der Waals surface area contributed by atoms with Gasteiger partial charge in [0.25, 0.3) is 0 Å². The molecule has 0 spiro atoms. The van der Waals surface area contributed by atoms with Crippen molar-refractivity contribution >= 4 is 23.1 Å². The predicted octanol–water partition coefficient (Wildman–Crippen LogP) is 4.65. The lowest BCUT2D eigenvalue weighted by molar-refractivity contribution is 0.0690. The van der Waals surface area contributed by atoms with E-state index < -0.39 is 5.97 Å². The van der Waals surface area contributed by atoms with E-state index in [1.165, 1.54) is 6.07 Å². The molecule has 0 radical (unpaired) electrons. The van der Waals surface area contributed by atoms with Crippen LogP contribution in [-0.4, -0.2) is 25.7 Å². The summed E-state index contributed by atoms with van der Waals surface area (Å²) in [6.07, 6.45) is 2.45. The summed E-state index contributed by atoms with van der Waals surface area (Å²) in [7, 11) is 0. The summed E-state index contributed by atoms with van der Waals surface area (Å²) in [4.78, 5) is 15.5. The highest BCUT2D eigenvalue weighted by molar-refractivity contribution is 6.30. The molecule has 0 atom stereocenters. The van der Waals surface area contributed by atoms with Gasteiger partial charge in [-0.15, -0.1) is 0 Å². The third-order valence-electron chi connectivity index (χ3n) is 4.38. The second kappa shape index (κ2) is 6.85. The highest BCUT2D eigenvalue weighted by Gasteiger charge is 2.16. The van der Waals surface area contributed by atoms with Crippen LogP contribution in [0, 0.1) is 6.92 Å². The molecule has 0 saturated carbocycles. The van der Waals surface area contributed by atoms with Crippen molar-refractivity contribution in [2.45, 2.75) is 13.3 Å². The number of fused-ring (bicyclic) bond motifs is 1. The van der Waals surface area contributed by atoms with Gasteiger partial charge in [0.2, 0.25) is 0 Å². The maximum Gasteiger partial charge on any atom is 0.354 e. The zero-order valence-corrected chi connectivity index (χ0v) is 15.3. The zero-order valence-electron chi connectivity index (χ0n) is 14.6. The maximum absolute atomic E-state index is 11.2. The number of hydrogen-bond donors (Lipinski definition) is 1. The average molecular weight is 378 g/mol. The summed E-state index contributed by atoms with van der Waals surface area (Å²) in [5.41, 5.74) is 5.56. The minimum absolute atomic E-state index is 0.0351. The van der Waals surface area contributed by atoms with Crippen LogP contribution in [0.15, 0.2) is 60.8 Å². The molecule has 134 valence electrons. The van der Waals surface area contributed by atoms with E-state index in [1.807, 2.05) is 60.1 Å². The van der Waals surface area contributed by atoms with Crippen LogP contribution in [-0.2, 0) is 6.42 Å². The molecule has 5 nitrogen and oxygen atoms in total. The van der Waals surface area contributed by atoms with Crippen molar-refractivity contribution in [3.8, 4) is 11.3 Å². The standard InChI is InChI=1S/C21H16ClN3O2/c1-13-5-10-19-17(11-16-3-2-4-18(23-16)21(26)27)20(24-25(19)12-13)14-6-8-15(22)9-7-14/h2-10,12H,11H2,1H3,(H,26,27). The minimum Gasteiger partial charge on any atom is -0.477 e. The van der Waals surface area contributed by atoms with Gasteiger partial charge in [0, 0.05) is 34.5 Å². The Bertz CT molecular complexity index is 1150. The van der Waals surface area contributed by atoms with E-state index in [1.54, 1.807) is 6.07 Å². The van der Waals surface area contributed by atoms with Crippen LogP contribution >= 0.6 is 11.6 Å². The average Bonchev–Trinajstić information content (AvgIpc) is 3.00. The molecule has 0 saturated heterocycles. The number of nitrogens with zero attached hydrogens (tertiary/aromatic N) is 3. The van der Waals surface area contributed by atoms with Crippen LogP contribution in [0.3, 0.4) is 0 Å². The summed E-state index contributed by atoms with van der Waals surface area (Å²) < 4.78 is 1.86. The summed E-state index contributed by atoms with van der Waals surface area (Å²) in [6.45, 7) is 2.01. The lowest BCUT2D eigenvalue weighted by Crippen LogP contribution is -2.03. The molecule has 3 aromatic heterocycles. The molecule has 0 aliphatic carbocycles. The Morgan fingerprint density at radius 3 is 2.63 bits per heavy atom. The topological polar surface area (TPSA) is 67.5 Å². The minimum atomic E-state index is -1.04. The van der Waals surface area contributed by atoms with Crippen LogP contribution < -0.4 is 0 Å². The lowest BCUT2D eigenvalue weighted by Gasteiger charge is -2.05. The first-order valence-corrected chi connectivity index (χ1v) is 8.82. The van der Waals surface area contributed by atoms with Gasteiger partial charge in [-0.1, -0.05) is 35.9 Å². The molecule has 0 fully saturated rings. The van der Waals surface area contributed by atoms with Crippen molar-refractivity contribution < 1.29 is 9.90 Å². The SMILES string of the molecule is Cc1ccc2c(Cc3cccc(C(=O)O)n3)c(-c3ccc(Cl)cc3)nn2c1. The van der Waals surface area contributed by atoms with Gasteiger partial charge in [-0.2, -0.15) is 5.10 Å². The number of aromatic carboxylic acids is 1. The molecular formula is C21H16ClN3O2. The summed E-state index contributed by atoms with van der Waals surface area (Å²) in [5.74, 6) is -1.04. The fourth-order valence-electron chi connectivity index (χ4n) is 3.10. The summed E-state index contributed by atoms with van der Waals surface area (Å²) >= 11 is 6.02. The maximum atomic E-state index is 11.2. The van der Waals surface area contributed by atoms with Gasteiger partial charge in [0.1, 0.15) is 5.69 Å². The van der Waals surface area contributed by atoms with E-state index in [0.717, 1.165) is 27.9 Å². The van der Waals surface area contributed by atoms with Crippen molar-refractivity contribution in [3.63, 3.8) is 0 Å². The van der Waals surface area contributed by atoms with Gasteiger partial charge < -0.3 is 5.11 Å². The van der Waals surface area contributed by atoms with Crippen LogP contribution in [0.4, 0.5) is 0 Å². The van der Waals surface area contributed by atoms with E-state index >= 15 is 0 Å². The van der Waals surface area contributed by atoms with Crippen molar-refractivity contribution in [3.05, 3.63) is 88.3 Å². The fraction of sp³-hybridized carbons (Fsp3) is 0.0952. The van der Waals surface area contributed by atoms with Gasteiger partial charge in [0.05, 0.1) is 11.2 Å². The second-order valence-corrected chi connectivity index (χ2v) is 6.80. The number of pyridine rings is 2. The van der Waals surface area contributed by atoms with Gasteiger partial charge in [-0.25, -0.2) is 14.3 Å². The van der Waals surface area contributed by atoms with Crippen molar-refractivity contribution in [1.82, 2.24) is 14.6 Å². The largest absolute Gasteiger partial charge is 0.477 e. The van der Waals surface area contributed by atoms with Crippen LogP contribution in [0.2, 0.25) is 5.02 Å².